The van der Waals surface area contributed by atoms with Crippen LogP contribution in [0.25, 0.3) is 11.3 Å². The summed E-state index contributed by atoms with van der Waals surface area (Å²) in [4.78, 5) is 23.5. The molecule has 3 rings (SSSR count). The zero-order valence-electron chi connectivity index (χ0n) is 11.7. The molecule has 114 valence electrons. The van der Waals surface area contributed by atoms with Gasteiger partial charge in [0.2, 0.25) is 6.10 Å². The predicted octanol–water partition coefficient (Wildman–Crippen LogP) is 2.59. The molecule has 1 aliphatic heterocycles. The molecule has 2 aromatic rings. The first-order valence-electron chi connectivity index (χ1n) is 6.76. The second-order valence-corrected chi connectivity index (χ2v) is 5.49. The summed E-state index contributed by atoms with van der Waals surface area (Å²) in [5.41, 5.74) is 1.51. The number of hydrogen-bond acceptors (Lipinski definition) is 5. The van der Waals surface area contributed by atoms with E-state index >= 15 is 0 Å². The fourth-order valence-corrected chi connectivity index (χ4v) is 2.42. The number of carbonyl (C=O) groups excluding carboxylic acids is 2. The molecule has 1 fully saturated rings. The Balaban J connectivity index is 1.73. The molecular formula is C15H13ClN2O4. The number of aromatic nitrogens is 2. The number of aromatic amines is 1. The quantitative estimate of drug-likeness (QED) is 0.879. The summed E-state index contributed by atoms with van der Waals surface area (Å²) in [6.07, 6.45) is -0.741. The van der Waals surface area contributed by atoms with E-state index in [1.54, 1.807) is 31.2 Å². The molecule has 0 aliphatic carbocycles. The zero-order chi connectivity index (χ0) is 15.7. The Morgan fingerprint density at radius 1 is 1.45 bits per heavy atom. The van der Waals surface area contributed by atoms with Crippen LogP contribution in [0.15, 0.2) is 30.3 Å². The van der Waals surface area contributed by atoms with Crippen LogP contribution in [0.3, 0.4) is 0 Å². The van der Waals surface area contributed by atoms with E-state index in [9.17, 15) is 9.59 Å². The minimum Gasteiger partial charge on any atom is -0.460 e. The summed E-state index contributed by atoms with van der Waals surface area (Å²) in [6.45, 7) is 1.75. The highest BCUT2D eigenvalue weighted by Crippen LogP contribution is 2.23. The van der Waals surface area contributed by atoms with Gasteiger partial charge in [-0.15, -0.1) is 0 Å². The molecule has 0 saturated carbocycles. The molecular weight excluding hydrogens is 308 g/mol. The Labute approximate surface area is 131 Å². The number of cyclic esters (lactones) is 1. The van der Waals surface area contributed by atoms with Crippen LogP contribution in [0.2, 0.25) is 5.02 Å². The zero-order valence-corrected chi connectivity index (χ0v) is 12.5. The van der Waals surface area contributed by atoms with Crippen LogP contribution in [-0.4, -0.2) is 34.3 Å². The molecule has 0 radical (unpaired) electrons. The SMILES string of the molecule is C[C@H]1C[C@H](OC(=O)c2cc(-c3cccc(Cl)c3)n[nH]2)C(=O)O1. The molecule has 6 nitrogen and oxygen atoms in total. The van der Waals surface area contributed by atoms with Crippen LogP contribution in [-0.2, 0) is 14.3 Å². The van der Waals surface area contributed by atoms with Crippen LogP contribution in [0.5, 0.6) is 0 Å². The largest absolute Gasteiger partial charge is 0.460 e. The number of nitrogens with zero attached hydrogens (tertiary/aromatic N) is 1. The van der Waals surface area contributed by atoms with Crippen molar-refractivity contribution in [3.8, 4) is 11.3 Å². The first kappa shape index (κ1) is 14.6. The number of H-pyrrole nitrogens is 1. The highest BCUT2D eigenvalue weighted by molar-refractivity contribution is 6.30. The summed E-state index contributed by atoms with van der Waals surface area (Å²) in [5.74, 6) is -1.16. The second-order valence-electron chi connectivity index (χ2n) is 5.05. The summed E-state index contributed by atoms with van der Waals surface area (Å²) in [7, 11) is 0. The molecule has 7 heteroatoms. The van der Waals surface area contributed by atoms with E-state index in [-0.39, 0.29) is 11.8 Å². The third-order valence-electron chi connectivity index (χ3n) is 3.29. The lowest BCUT2D eigenvalue weighted by Gasteiger charge is -2.06. The van der Waals surface area contributed by atoms with Gasteiger partial charge in [-0.3, -0.25) is 5.10 Å². The van der Waals surface area contributed by atoms with Crippen molar-refractivity contribution in [2.24, 2.45) is 0 Å². The molecule has 2 heterocycles. The Hall–Kier alpha value is -2.34. The maximum absolute atomic E-state index is 12.0. The summed E-state index contributed by atoms with van der Waals surface area (Å²) in [6, 6.07) is 8.66. The molecule has 22 heavy (non-hydrogen) atoms. The molecule has 0 amide bonds. The van der Waals surface area contributed by atoms with E-state index in [1.165, 1.54) is 0 Å². The van der Waals surface area contributed by atoms with E-state index < -0.39 is 18.0 Å². The molecule has 0 spiro atoms. The van der Waals surface area contributed by atoms with Crippen LogP contribution >= 0.6 is 11.6 Å². The topological polar surface area (TPSA) is 81.3 Å². The van der Waals surface area contributed by atoms with Crippen molar-refractivity contribution in [1.82, 2.24) is 10.2 Å². The lowest BCUT2D eigenvalue weighted by atomic mass is 10.1. The maximum Gasteiger partial charge on any atom is 0.357 e. The van der Waals surface area contributed by atoms with Gasteiger partial charge in [0.15, 0.2) is 0 Å². The van der Waals surface area contributed by atoms with Crippen molar-refractivity contribution in [3.05, 3.63) is 41.0 Å². The van der Waals surface area contributed by atoms with Gasteiger partial charge in [0.25, 0.3) is 0 Å². The van der Waals surface area contributed by atoms with E-state index in [1.807, 2.05) is 6.07 Å². The average molecular weight is 321 g/mol. The fourth-order valence-electron chi connectivity index (χ4n) is 2.23. The van der Waals surface area contributed by atoms with Gasteiger partial charge in [-0.1, -0.05) is 23.7 Å². The third kappa shape index (κ3) is 2.96. The average Bonchev–Trinajstić information content (AvgIpc) is 3.06. The highest BCUT2D eigenvalue weighted by Gasteiger charge is 2.35. The van der Waals surface area contributed by atoms with Gasteiger partial charge in [0.05, 0.1) is 5.69 Å². The van der Waals surface area contributed by atoms with E-state index in [4.69, 9.17) is 21.1 Å². The molecule has 1 aliphatic rings. The second kappa shape index (κ2) is 5.81. The third-order valence-corrected chi connectivity index (χ3v) is 3.53. The number of ether oxygens (including phenoxy) is 2. The van der Waals surface area contributed by atoms with Gasteiger partial charge in [0, 0.05) is 17.0 Å². The number of benzene rings is 1. The van der Waals surface area contributed by atoms with Gasteiger partial charge in [0.1, 0.15) is 11.8 Å². The Morgan fingerprint density at radius 3 is 2.95 bits per heavy atom. The first-order chi connectivity index (χ1) is 10.5. The van der Waals surface area contributed by atoms with Gasteiger partial charge < -0.3 is 9.47 Å². The van der Waals surface area contributed by atoms with Gasteiger partial charge >= 0.3 is 11.9 Å². The summed E-state index contributed by atoms with van der Waals surface area (Å²) >= 11 is 5.93. The van der Waals surface area contributed by atoms with E-state index in [0.717, 1.165) is 5.56 Å². The standard InChI is InChI=1S/C15H13ClN2O4/c1-8-5-13(15(20)21-8)22-14(19)12-7-11(17-18-12)9-3-2-4-10(16)6-9/h2-4,6-8,13H,5H2,1H3,(H,17,18)/t8-,13-/m0/s1. The molecule has 0 bridgehead atoms. The smallest absolute Gasteiger partial charge is 0.357 e. The Bertz CT molecular complexity index is 728. The number of halogens is 1. The Morgan fingerprint density at radius 2 is 2.27 bits per heavy atom. The highest BCUT2D eigenvalue weighted by atomic mass is 35.5. The monoisotopic (exact) mass is 320 g/mol. The van der Waals surface area contributed by atoms with Gasteiger partial charge in [-0.25, -0.2) is 9.59 Å². The molecule has 1 aromatic heterocycles. The lowest BCUT2D eigenvalue weighted by molar-refractivity contribution is -0.147. The summed E-state index contributed by atoms with van der Waals surface area (Å²) in [5, 5.41) is 7.24. The predicted molar refractivity (Wildman–Crippen MR) is 78.4 cm³/mol. The summed E-state index contributed by atoms with van der Waals surface area (Å²) < 4.78 is 10.1. The number of rotatable bonds is 3. The minimum absolute atomic E-state index is 0.169. The van der Waals surface area contributed by atoms with Crippen LogP contribution < -0.4 is 0 Å². The fraction of sp³-hybridized carbons (Fsp3) is 0.267. The normalized spacial score (nSPS) is 20.7. The van der Waals surface area contributed by atoms with Crippen LogP contribution in [0, 0.1) is 0 Å². The molecule has 1 N–H and O–H groups in total. The number of esters is 2. The lowest BCUT2D eigenvalue weighted by Crippen LogP contribution is -2.22. The first-order valence-corrected chi connectivity index (χ1v) is 7.13. The van der Waals surface area contributed by atoms with Gasteiger partial charge in [-0.2, -0.15) is 5.10 Å². The van der Waals surface area contributed by atoms with E-state index in [2.05, 4.69) is 10.2 Å². The minimum atomic E-state index is -0.861. The number of carbonyl (C=O) groups is 2. The number of hydrogen-bond donors (Lipinski definition) is 1. The number of nitrogens with one attached hydrogen (secondary N) is 1. The van der Waals surface area contributed by atoms with Crippen molar-refractivity contribution < 1.29 is 19.1 Å². The van der Waals surface area contributed by atoms with Gasteiger partial charge in [-0.05, 0) is 25.1 Å². The van der Waals surface area contributed by atoms with Crippen molar-refractivity contribution in [1.29, 1.82) is 0 Å². The molecule has 1 aromatic carbocycles. The van der Waals surface area contributed by atoms with Crippen LogP contribution in [0.4, 0.5) is 0 Å². The van der Waals surface area contributed by atoms with Crippen molar-refractivity contribution in [3.63, 3.8) is 0 Å². The van der Waals surface area contributed by atoms with Crippen LogP contribution in [0.1, 0.15) is 23.8 Å². The van der Waals surface area contributed by atoms with Crippen molar-refractivity contribution in [2.75, 3.05) is 0 Å². The van der Waals surface area contributed by atoms with Crippen molar-refractivity contribution in [2.45, 2.75) is 25.6 Å². The molecule has 1 saturated heterocycles. The van der Waals surface area contributed by atoms with E-state index in [0.29, 0.717) is 17.1 Å². The Kier molecular flexibility index (Phi) is 3.85. The maximum atomic E-state index is 12.0. The molecule has 0 unspecified atom stereocenters. The van der Waals surface area contributed by atoms with Crippen molar-refractivity contribution >= 4 is 23.5 Å². The molecule has 2 atom stereocenters.